The number of aliphatic hydroxyl groups is 1. The van der Waals surface area contributed by atoms with Gasteiger partial charge in [-0.3, -0.25) is 4.79 Å². The van der Waals surface area contributed by atoms with Gasteiger partial charge in [-0.15, -0.1) is 0 Å². The van der Waals surface area contributed by atoms with E-state index < -0.39 is 16.8 Å². The molecule has 0 aromatic heterocycles. The number of allylic oxidation sites excluding steroid dienone is 1. The molecule has 4 aliphatic rings. The van der Waals surface area contributed by atoms with Crippen LogP contribution in [0.4, 0.5) is 0 Å². The minimum atomic E-state index is -2.77. The molecule has 1 aromatic carbocycles. The third-order valence-corrected chi connectivity index (χ3v) is 12.6. The Morgan fingerprint density at radius 1 is 0.949 bits per heavy atom. The van der Waals surface area contributed by atoms with E-state index in [1.54, 1.807) is 0 Å². The quantitative estimate of drug-likeness (QED) is 0.290. The van der Waals surface area contributed by atoms with E-state index in [1.165, 1.54) is 16.7 Å². The lowest BCUT2D eigenvalue weighted by atomic mass is 9.44. The largest absolute Gasteiger partial charge is 0.393 e. The highest BCUT2D eigenvalue weighted by atomic mass is 32.2. The zero-order valence-corrected chi connectivity index (χ0v) is 26.2. The molecule has 0 bridgehead atoms. The first-order chi connectivity index (χ1) is 18.2. The van der Waals surface area contributed by atoms with E-state index in [-0.39, 0.29) is 34.5 Å². The lowest BCUT2D eigenvalue weighted by Gasteiger charge is -2.60. The fourth-order valence-electron chi connectivity index (χ4n) is 9.77. The van der Waals surface area contributed by atoms with Gasteiger partial charge in [-0.2, -0.15) is 0 Å². The van der Waals surface area contributed by atoms with Gasteiger partial charge in [0.25, 0.3) is 0 Å². The highest BCUT2D eigenvalue weighted by Crippen LogP contribution is 2.67. The Morgan fingerprint density at radius 2 is 1.62 bits per heavy atom. The minimum Gasteiger partial charge on any atom is -0.393 e. The Labute approximate surface area is 238 Å². The van der Waals surface area contributed by atoms with Gasteiger partial charge in [0, 0.05) is 11.8 Å². The van der Waals surface area contributed by atoms with Crippen molar-refractivity contribution in [1.82, 2.24) is 0 Å². The molecule has 0 aliphatic heterocycles. The van der Waals surface area contributed by atoms with Gasteiger partial charge in [0.15, 0.2) is 10.7 Å². The molecule has 5 rings (SSSR count). The van der Waals surface area contributed by atoms with E-state index in [9.17, 15) is 18.3 Å². The Hall–Kier alpha value is -1.46. The molecule has 39 heavy (non-hydrogen) atoms. The van der Waals surface area contributed by atoms with Crippen molar-refractivity contribution in [2.24, 2.45) is 28.6 Å². The number of rotatable bonds is 5. The third-order valence-electron chi connectivity index (χ3n) is 11.7. The van der Waals surface area contributed by atoms with Gasteiger partial charge in [-0.05, 0) is 108 Å². The molecule has 0 saturated heterocycles. The molecule has 3 saturated carbocycles. The number of fused-ring (bicyclic) bond motifs is 5. The fourth-order valence-corrected chi connectivity index (χ4v) is 10.9. The lowest BCUT2D eigenvalue weighted by molar-refractivity contribution is -0.132. The second-order valence-corrected chi connectivity index (χ2v) is 15.6. The SMILES string of the molecule is CC(C)c1cc(C(C)C)c([SH](=O)=O)c(C(C)C)c1C1C[C@H](O)CC2=CC[C@H]3[C@@H]4CCC(=O)[C@@]4(C)CC[C@@H]3[C@]21C. The zero-order valence-electron chi connectivity index (χ0n) is 25.3. The van der Waals surface area contributed by atoms with Crippen LogP contribution < -0.4 is 0 Å². The summed E-state index contributed by atoms with van der Waals surface area (Å²) in [6, 6.07) is 2.19. The number of carbonyl (C=O) groups is 1. The van der Waals surface area contributed by atoms with Crippen LogP contribution in [0, 0.1) is 28.6 Å². The Kier molecular flexibility index (Phi) is 7.54. The summed E-state index contributed by atoms with van der Waals surface area (Å²) in [5.41, 5.74) is 5.38. The second kappa shape index (κ2) is 10.1. The van der Waals surface area contributed by atoms with Crippen molar-refractivity contribution in [2.75, 3.05) is 0 Å². The van der Waals surface area contributed by atoms with Crippen LogP contribution in [-0.4, -0.2) is 25.4 Å². The summed E-state index contributed by atoms with van der Waals surface area (Å²) in [6.45, 7) is 17.6. The van der Waals surface area contributed by atoms with E-state index in [2.05, 4.69) is 67.5 Å². The molecule has 0 spiro atoms. The number of aliphatic hydroxyl groups excluding tert-OH is 1. The molecule has 216 valence electrons. The van der Waals surface area contributed by atoms with Crippen LogP contribution in [0.15, 0.2) is 22.6 Å². The maximum atomic E-state index is 13.0. The summed E-state index contributed by atoms with van der Waals surface area (Å²) < 4.78 is 25.9. The molecular formula is C34H50O4S. The van der Waals surface area contributed by atoms with E-state index >= 15 is 0 Å². The van der Waals surface area contributed by atoms with Crippen LogP contribution >= 0.6 is 0 Å². The smallest absolute Gasteiger partial charge is 0.168 e. The summed E-state index contributed by atoms with van der Waals surface area (Å²) in [6.07, 6.45) is 8.06. The molecule has 0 heterocycles. The van der Waals surface area contributed by atoms with Crippen LogP contribution in [-0.2, 0) is 15.5 Å². The van der Waals surface area contributed by atoms with Crippen LogP contribution in [0.1, 0.15) is 146 Å². The molecule has 5 heteroatoms. The molecule has 0 radical (unpaired) electrons. The van der Waals surface area contributed by atoms with E-state index in [0.717, 1.165) is 36.8 Å². The van der Waals surface area contributed by atoms with Crippen molar-refractivity contribution in [1.29, 1.82) is 0 Å². The molecule has 3 fully saturated rings. The molecule has 7 atom stereocenters. The molecule has 1 aromatic rings. The predicted octanol–water partition coefficient (Wildman–Crippen LogP) is 7.61. The maximum Gasteiger partial charge on any atom is 0.168 e. The highest BCUT2D eigenvalue weighted by molar-refractivity contribution is 7.72. The van der Waals surface area contributed by atoms with Crippen molar-refractivity contribution in [3.8, 4) is 0 Å². The average Bonchev–Trinajstić information content (AvgIpc) is 3.16. The number of hydrogen-bond acceptors (Lipinski definition) is 4. The number of hydrogen-bond donors (Lipinski definition) is 2. The van der Waals surface area contributed by atoms with Gasteiger partial charge in [0.2, 0.25) is 0 Å². The van der Waals surface area contributed by atoms with E-state index in [0.29, 0.717) is 47.7 Å². The Balaban J connectivity index is 1.77. The number of thiol groups is 1. The highest BCUT2D eigenvalue weighted by Gasteiger charge is 2.61. The molecule has 4 aliphatic carbocycles. The molecule has 1 N–H and O–H groups in total. The van der Waals surface area contributed by atoms with Crippen LogP contribution in [0.5, 0.6) is 0 Å². The standard InChI is InChI=1S/C34H50O4S/c1-18(2)24-17-25(19(3)4)32(39(37)38)30(20(5)6)31(24)28-16-22(35)15-21-9-10-23-26-11-12-29(36)33(26,7)14-13-27(23)34(21,28)8/h9,17-20,22-23,26-28,35,39H,10-16H2,1-8H3/t22-,23+,26+,27+,28?,33+,34+/m1/s1. The van der Waals surface area contributed by atoms with Gasteiger partial charge in [0.1, 0.15) is 5.78 Å². The summed E-state index contributed by atoms with van der Waals surface area (Å²) in [5.74, 6) is 2.24. The van der Waals surface area contributed by atoms with Gasteiger partial charge >= 0.3 is 0 Å². The summed E-state index contributed by atoms with van der Waals surface area (Å²) in [5, 5.41) is 11.3. The van der Waals surface area contributed by atoms with Crippen molar-refractivity contribution in [3.05, 3.63) is 40.0 Å². The van der Waals surface area contributed by atoms with Gasteiger partial charge in [-0.25, -0.2) is 8.42 Å². The minimum absolute atomic E-state index is 0.0477. The van der Waals surface area contributed by atoms with Crippen LogP contribution in [0.3, 0.4) is 0 Å². The number of benzene rings is 1. The molecule has 4 nitrogen and oxygen atoms in total. The first-order valence-corrected chi connectivity index (χ1v) is 16.7. The summed E-state index contributed by atoms with van der Waals surface area (Å²) in [7, 11) is -2.77. The fraction of sp³-hybridized carbons (Fsp3) is 0.735. The van der Waals surface area contributed by atoms with Gasteiger partial charge in [0.05, 0.1) is 11.0 Å². The molecule has 1 unspecified atom stereocenters. The zero-order chi connectivity index (χ0) is 28.6. The first-order valence-electron chi connectivity index (χ1n) is 15.5. The molecular weight excluding hydrogens is 504 g/mol. The molecule has 0 amide bonds. The lowest BCUT2D eigenvalue weighted by Crippen LogP contribution is -2.53. The normalized spacial score (nSPS) is 36.4. The summed E-state index contributed by atoms with van der Waals surface area (Å²) in [4.78, 5) is 13.5. The Bertz CT molecular complexity index is 1260. The number of Topliss-reactive ketones (excluding diaryl/α,β-unsaturated/α-hetero) is 1. The van der Waals surface area contributed by atoms with E-state index in [1.807, 2.05) is 0 Å². The van der Waals surface area contributed by atoms with Crippen molar-refractivity contribution in [2.45, 2.75) is 135 Å². The van der Waals surface area contributed by atoms with Crippen molar-refractivity contribution >= 4 is 16.5 Å². The summed E-state index contributed by atoms with van der Waals surface area (Å²) >= 11 is 0. The van der Waals surface area contributed by atoms with E-state index in [4.69, 9.17) is 0 Å². The van der Waals surface area contributed by atoms with Gasteiger partial charge in [-0.1, -0.05) is 73.1 Å². The second-order valence-electron chi connectivity index (χ2n) is 14.6. The van der Waals surface area contributed by atoms with Crippen LogP contribution in [0.25, 0.3) is 0 Å². The predicted molar refractivity (Wildman–Crippen MR) is 158 cm³/mol. The topological polar surface area (TPSA) is 71.4 Å². The maximum absolute atomic E-state index is 13.0. The monoisotopic (exact) mass is 554 g/mol. The Morgan fingerprint density at radius 3 is 2.21 bits per heavy atom. The number of ketones is 1. The van der Waals surface area contributed by atoms with Gasteiger partial charge < -0.3 is 5.11 Å². The van der Waals surface area contributed by atoms with Crippen LogP contribution in [0.2, 0.25) is 0 Å². The van der Waals surface area contributed by atoms with Crippen molar-refractivity contribution < 1.29 is 18.3 Å². The average molecular weight is 555 g/mol. The third kappa shape index (κ3) is 4.31. The first kappa shape index (κ1) is 29.0. The number of carbonyl (C=O) groups excluding carboxylic acids is 1. The van der Waals surface area contributed by atoms with Crippen molar-refractivity contribution in [3.63, 3.8) is 0 Å².